The van der Waals surface area contributed by atoms with Crippen LogP contribution in [0.4, 0.5) is 0 Å². The van der Waals surface area contributed by atoms with Crippen LogP contribution in [0.1, 0.15) is 90.2 Å². The Labute approximate surface area is 185 Å². The Morgan fingerprint density at radius 2 is 1.93 bits per heavy atom. The van der Waals surface area contributed by atoms with Crippen LogP contribution in [0.5, 0.6) is 5.75 Å². The Balaban J connectivity index is 1.68. The lowest BCUT2D eigenvalue weighted by atomic mass is 9.58. The van der Waals surface area contributed by atoms with Gasteiger partial charge < -0.3 is 4.74 Å². The minimum Gasteiger partial charge on any atom is -0.497 e. The van der Waals surface area contributed by atoms with Gasteiger partial charge in [0.15, 0.2) is 0 Å². The van der Waals surface area contributed by atoms with Crippen LogP contribution in [0.3, 0.4) is 0 Å². The fourth-order valence-corrected chi connectivity index (χ4v) is 6.83. The molecule has 2 heteroatoms. The highest BCUT2D eigenvalue weighted by molar-refractivity contribution is 5.82. The number of rotatable bonds is 9. The number of ketones is 1. The van der Waals surface area contributed by atoms with E-state index < -0.39 is 0 Å². The van der Waals surface area contributed by atoms with Crippen molar-refractivity contribution in [2.75, 3.05) is 7.11 Å². The molecule has 0 unspecified atom stereocenters. The lowest BCUT2D eigenvalue weighted by Crippen LogP contribution is -2.43. The molecule has 0 heterocycles. The van der Waals surface area contributed by atoms with Gasteiger partial charge in [-0.3, -0.25) is 4.79 Å². The molecule has 30 heavy (non-hydrogen) atoms. The van der Waals surface area contributed by atoms with Crippen LogP contribution in [-0.4, -0.2) is 12.9 Å². The molecule has 0 aliphatic heterocycles. The van der Waals surface area contributed by atoms with Crippen LogP contribution >= 0.6 is 0 Å². The number of hydrogen-bond donors (Lipinski definition) is 0. The number of carbonyl (C=O) groups is 1. The van der Waals surface area contributed by atoms with Crippen LogP contribution < -0.4 is 4.74 Å². The molecule has 168 valence electrons. The highest BCUT2D eigenvalue weighted by Crippen LogP contribution is 2.60. The molecule has 0 bridgehead atoms. The zero-order valence-electron chi connectivity index (χ0n) is 20.3. The van der Waals surface area contributed by atoms with E-state index in [0.29, 0.717) is 17.1 Å². The summed E-state index contributed by atoms with van der Waals surface area (Å²) in [6, 6.07) is 6.34. The van der Waals surface area contributed by atoms with Crippen molar-refractivity contribution in [3.8, 4) is 5.75 Å². The third kappa shape index (κ3) is 4.94. The Kier molecular flexibility index (Phi) is 7.69. The van der Waals surface area contributed by atoms with E-state index in [9.17, 15) is 4.79 Å². The average Bonchev–Trinajstić information content (AvgIpc) is 3.05. The van der Waals surface area contributed by atoms with Crippen molar-refractivity contribution in [3.05, 3.63) is 29.3 Å². The van der Waals surface area contributed by atoms with E-state index in [0.717, 1.165) is 49.2 Å². The summed E-state index contributed by atoms with van der Waals surface area (Å²) in [5.74, 6) is 4.68. The van der Waals surface area contributed by atoms with Gasteiger partial charge in [-0.15, -0.1) is 0 Å². The predicted octanol–water partition coefficient (Wildman–Crippen LogP) is 7.41. The molecule has 0 saturated heterocycles. The minimum atomic E-state index is 0.252. The molecule has 2 aliphatic carbocycles. The van der Waals surface area contributed by atoms with Crippen molar-refractivity contribution in [3.63, 3.8) is 0 Å². The maximum atomic E-state index is 13.0. The normalized spacial score (nSPS) is 29.8. The zero-order chi connectivity index (χ0) is 21.9. The molecule has 3 rings (SSSR count). The summed E-state index contributed by atoms with van der Waals surface area (Å²) in [6.45, 7) is 11.9. The summed E-state index contributed by atoms with van der Waals surface area (Å²) in [6.07, 6.45) is 10.5. The van der Waals surface area contributed by atoms with Crippen molar-refractivity contribution in [2.24, 2.45) is 35.0 Å². The van der Waals surface area contributed by atoms with Crippen LogP contribution in [0.2, 0.25) is 0 Å². The van der Waals surface area contributed by atoms with Crippen LogP contribution in [0, 0.1) is 41.9 Å². The highest BCUT2D eigenvalue weighted by atomic mass is 16.5. The van der Waals surface area contributed by atoms with E-state index in [2.05, 4.69) is 46.8 Å². The fourth-order valence-electron chi connectivity index (χ4n) is 6.83. The van der Waals surface area contributed by atoms with Crippen molar-refractivity contribution in [1.82, 2.24) is 0 Å². The molecule has 0 N–H and O–H groups in total. The molecule has 0 amide bonds. The molecule has 2 nitrogen and oxygen atoms in total. The zero-order valence-corrected chi connectivity index (χ0v) is 20.3. The Hall–Kier alpha value is -1.31. The molecule has 2 aliphatic rings. The SMILES string of the molecule is COc1ccc(C)c(CC[C@@H]2C(=O)CC[C@]3(C)[C@@H]([C@H](C)CCCC(C)C)CC[C@H]23)c1. The van der Waals surface area contributed by atoms with Gasteiger partial charge in [0.25, 0.3) is 0 Å². The molecule has 0 radical (unpaired) electrons. The molecule has 2 fully saturated rings. The summed E-state index contributed by atoms with van der Waals surface area (Å²) in [4.78, 5) is 13.0. The van der Waals surface area contributed by atoms with E-state index in [1.165, 1.54) is 43.2 Å². The largest absolute Gasteiger partial charge is 0.497 e. The van der Waals surface area contributed by atoms with Gasteiger partial charge in [0.2, 0.25) is 0 Å². The number of ether oxygens (including phenoxy) is 1. The number of methoxy groups -OCH3 is 1. The Morgan fingerprint density at radius 1 is 1.17 bits per heavy atom. The number of carbonyl (C=O) groups excluding carboxylic acids is 1. The first-order valence-electron chi connectivity index (χ1n) is 12.4. The Bertz CT molecular complexity index is 721. The topological polar surface area (TPSA) is 26.3 Å². The van der Waals surface area contributed by atoms with Gasteiger partial charge in [0, 0.05) is 12.3 Å². The summed E-state index contributed by atoms with van der Waals surface area (Å²) in [5, 5.41) is 0. The van der Waals surface area contributed by atoms with E-state index in [-0.39, 0.29) is 5.92 Å². The first kappa shape index (κ1) is 23.4. The van der Waals surface area contributed by atoms with E-state index in [1.54, 1.807) is 7.11 Å². The maximum absolute atomic E-state index is 13.0. The number of aryl methyl sites for hydroxylation is 2. The number of fused-ring (bicyclic) bond motifs is 1. The van der Waals surface area contributed by atoms with Crippen LogP contribution in [0.15, 0.2) is 18.2 Å². The van der Waals surface area contributed by atoms with Gasteiger partial charge in [-0.2, -0.15) is 0 Å². The van der Waals surface area contributed by atoms with Gasteiger partial charge >= 0.3 is 0 Å². The number of hydrogen-bond acceptors (Lipinski definition) is 2. The summed E-state index contributed by atoms with van der Waals surface area (Å²) < 4.78 is 5.43. The van der Waals surface area contributed by atoms with Gasteiger partial charge in [-0.05, 0) is 91.4 Å². The van der Waals surface area contributed by atoms with Crippen LogP contribution in [-0.2, 0) is 11.2 Å². The second-order valence-corrected chi connectivity index (χ2v) is 11.0. The molecular formula is C28H44O2. The molecular weight excluding hydrogens is 368 g/mol. The van der Waals surface area contributed by atoms with Gasteiger partial charge in [-0.25, -0.2) is 0 Å². The second-order valence-electron chi connectivity index (χ2n) is 11.0. The van der Waals surface area contributed by atoms with Crippen molar-refractivity contribution >= 4 is 5.78 Å². The van der Waals surface area contributed by atoms with Gasteiger partial charge in [0.05, 0.1) is 7.11 Å². The number of benzene rings is 1. The highest BCUT2D eigenvalue weighted by Gasteiger charge is 2.54. The molecule has 0 aromatic heterocycles. The standard InChI is InChI=1S/C28H44O2/c1-19(2)8-7-9-21(4)25-14-15-26-24(27(29)16-17-28(25,26)5)13-11-22-18-23(30-6)12-10-20(22)3/h10,12,18-19,21,24-26H,7-9,11,13-17H2,1-6H3/t21-,24+,25-,26-,28-/m1/s1. The maximum Gasteiger partial charge on any atom is 0.136 e. The minimum absolute atomic E-state index is 0.252. The van der Waals surface area contributed by atoms with Crippen molar-refractivity contribution < 1.29 is 9.53 Å². The van der Waals surface area contributed by atoms with E-state index >= 15 is 0 Å². The molecule has 2 saturated carbocycles. The fraction of sp³-hybridized carbons (Fsp3) is 0.750. The predicted molar refractivity (Wildman–Crippen MR) is 126 cm³/mol. The molecule has 1 aromatic carbocycles. The van der Waals surface area contributed by atoms with E-state index in [4.69, 9.17) is 4.74 Å². The van der Waals surface area contributed by atoms with Crippen molar-refractivity contribution in [2.45, 2.75) is 92.4 Å². The Morgan fingerprint density at radius 3 is 2.63 bits per heavy atom. The third-order valence-corrected chi connectivity index (χ3v) is 8.70. The molecule has 5 atom stereocenters. The van der Waals surface area contributed by atoms with Gasteiger partial charge in [-0.1, -0.05) is 53.0 Å². The molecule has 1 aromatic rings. The lowest BCUT2D eigenvalue weighted by Gasteiger charge is -2.46. The second kappa shape index (κ2) is 9.88. The van der Waals surface area contributed by atoms with Crippen molar-refractivity contribution in [1.29, 1.82) is 0 Å². The van der Waals surface area contributed by atoms with Gasteiger partial charge in [0.1, 0.15) is 11.5 Å². The first-order valence-corrected chi connectivity index (χ1v) is 12.4. The quantitative estimate of drug-likeness (QED) is 0.422. The third-order valence-electron chi connectivity index (χ3n) is 8.70. The average molecular weight is 413 g/mol. The summed E-state index contributed by atoms with van der Waals surface area (Å²) in [5.41, 5.74) is 3.01. The molecule has 0 spiro atoms. The summed E-state index contributed by atoms with van der Waals surface area (Å²) in [7, 11) is 1.73. The monoisotopic (exact) mass is 412 g/mol. The first-order chi connectivity index (χ1) is 14.3. The smallest absolute Gasteiger partial charge is 0.136 e. The lowest BCUT2D eigenvalue weighted by molar-refractivity contribution is -0.132. The number of Topliss-reactive ketones (excluding diaryl/α,β-unsaturated/α-hetero) is 1. The summed E-state index contributed by atoms with van der Waals surface area (Å²) >= 11 is 0. The van der Waals surface area contributed by atoms with E-state index in [1.807, 2.05) is 6.07 Å². The van der Waals surface area contributed by atoms with Crippen LogP contribution in [0.25, 0.3) is 0 Å².